The van der Waals surface area contributed by atoms with Crippen LogP contribution in [0.3, 0.4) is 0 Å². The second kappa shape index (κ2) is 3.50. The molecular formula is C12H10F3NO. The normalized spacial score (nSPS) is 16.2. The van der Waals surface area contributed by atoms with Gasteiger partial charge in [-0.25, -0.2) is 0 Å². The maximum atomic E-state index is 12.6. The number of halogens is 3. The summed E-state index contributed by atoms with van der Waals surface area (Å²) in [6.07, 6.45) is -4.28. The summed E-state index contributed by atoms with van der Waals surface area (Å²) < 4.78 is 45.0. The number of hydrogen-bond donors (Lipinski definition) is 0. The number of aromatic nitrogens is 1. The van der Waals surface area contributed by atoms with Crippen molar-refractivity contribution in [1.82, 2.24) is 4.57 Å². The van der Waals surface area contributed by atoms with Crippen LogP contribution in [0.25, 0.3) is 10.9 Å². The molecule has 1 aliphatic heterocycles. The number of rotatable bonds is 0. The molecule has 0 bridgehead atoms. The Morgan fingerprint density at radius 3 is 2.76 bits per heavy atom. The van der Waals surface area contributed by atoms with Gasteiger partial charge in [0.2, 0.25) is 0 Å². The van der Waals surface area contributed by atoms with Gasteiger partial charge >= 0.3 is 6.18 Å². The van der Waals surface area contributed by atoms with Gasteiger partial charge in [0.25, 0.3) is 0 Å². The van der Waals surface area contributed by atoms with Crippen LogP contribution in [0.1, 0.15) is 11.3 Å². The van der Waals surface area contributed by atoms with Crippen LogP contribution in [-0.4, -0.2) is 11.2 Å². The van der Waals surface area contributed by atoms with E-state index in [2.05, 4.69) is 0 Å². The number of fused-ring (bicyclic) bond motifs is 3. The molecule has 1 aliphatic rings. The summed E-state index contributed by atoms with van der Waals surface area (Å²) in [5, 5.41) is 0.625. The molecule has 0 spiro atoms. The Morgan fingerprint density at radius 1 is 1.18 bits per heavy atom. The Balaban J connectivity index is 2.18. The lowest BCUT2D eigenvalue weighted by atomic mass is 10.1. The summed E-state index contributed by atoms with van der Waals surface area (Å²) >= 11 is 0. The molecule has 3 rings (SSSR count). The van der Waals surface area contributed by atoms with Gasteiger partial charge in [0.15, 0.2) is 0 Å². The van der Waals surface area contributed by atoms with Gasteiger partial charge in [0.05, 0.1) is 18.8 Å². The maximum Gasteiger partial charge on any atom is 0.416 e. The fourth-order valence-electron chi connectivity index (χ4n) is 2.22. The van der Waals surface area contributed by atoms with Crippen LogP contribution in [0.4, 0.5) is 13.2 Å². The molecule has 2 aromatic rings. The van der Waals surface area contributed by atoms with E-state index in [1.807, 2.05) is 4.57 Å². The lowest BCUT2D eigenvalue weighted by Gasteiger charge is -2.16. The van der Waals surface area contributed by atoms with Crippen LogP contribution in [0.15, 0.2) is 24.3 Å². The molecule has 2 heterocycles. The van der Waals surface area contributed by atoms with Crippen molar-refractivity contribution in [3.8, 4) is 0 Å². The second-order valence-electron chi connectivity index (χ2n) is 4.11. The third-order valence-corrected chi connectivity index (χ3v) is 3.02. The molecule has 90 valence electrons. The second-order valence-corrected chi connectivity index (χ2v) is 4.11. The fraction of sp³-hybridized carbons (Fsp3) is 0.333. The smallest absolute Gasteiger partial charge is 0.373 e. The molecule has 0 fully saturated rings. The number of alkyl halides is 3. The van der Waals surface area contributed by atoms with Crippen LogP contribution in [0, 0.1) is 0 Å². The van der Waals surface area contributed by atoms with Crippen molar-refractivity contribution in [3.63, 3.8) is 0 Å². The molecule has 1 aromatic heterocycles. The first-order valence-electron chi connectivity index (χ1n) is 5.33. The number of nitrogens with zero attached hydrogens (tertiary/aromatic N) is 1. The summed E-state index contributed by atoms with van der Waals surface area (Å²) in [6.45, 7) is 1.78. The van der Waals surface area contributed by atoms with E-state index in [0.29, 0.717) is 25.1 Å². The van der Waals surface area contributed by atoms with E-state index in [9.17, 15) is 13.2 Å². The Labute approximate surface area is 95.6 Å². The van der Waals surface area contributed by atoms with Crippen molar-refractivity contribution >= 4 is 10.9 Å². The van der Waals surface area contributed by atoms with Gasteiger partial charge in [0.1, 0.15) is 0 Å². The Morgan fingerprint density at radius 2 is 2.00 bits per heavy atom. The lowest BCUT2D eigenvalue weighted by Crippen LogP contribution is -2.15. The Hall–Kier alpha value is -1.49. The zero-order valence-corrected chi connectivity index (χ0v) is 8.92. The molecule has 0 saturated heterocycles. The van der Waals surface area contributed by atoms with E-state index in [-0.39, 0.29) is 0 Å². The highest BCUT2D eigenvalue weighted by molar-refractivity contribution is 5.82. The van der Waals surface area contributed by atoms with Gasteiger partial charge in [-0.1, -0.05) is 0 Å². The van der Waals surface area contributed by atoms with E-state index >= 15 is 0 Å². The van der Waals surface area contributed by atoms with Crippen LogP contribution in [-0.2, 0) is 24.1 Å². The first kappa shape index (κ1) is 10.7. The van der Waals surface area contributed by atoms with Crippen molar-refractivity contribution in [2.45, 2.75) is 19.3 Å². The number of ether oxygens (including phenoxy) is 1. The summed E-state index contributed by atoms with van der Waals surface area (Å²) in [7, 11) is 0. The summed E-state index contributed by atoms with van der Waals surface area (Å²) in [5.74, 6) is 0. The molecule has 17 heavy (non-hydrogen) atoms. The summed E-state index contributed by atoms with van der Waals surface area (Å²) in [6, 6.07) is 5.63. The van der Waals surface area contributed by atoms with E-state index in [4.69, 9.17) is 4.74 Å². The molecule has 0 amide bonds. The van der Waals surface area contributed by atoms with E-state index in [0.717, 1.165) is 17.3 Å². The minimum atomic E-state index is -4.28. The molecule has 2 nitrogen and oxygen atoms in total. The summed E-state index contributed by atoms with van der Waals surface area (Å²) in [4.78, 5) is 0. The first-order valence-corrected chi connectivity index (χ1v) is 5.33. The van der Waals surface area contributed by atoms with Gasteiger partial charge in [-0.15, -0.1) is 0 Å². The lowest BCUT2D eigenvalue weighted by molar-refractivity contribution is -0.137. The van der Waals surface area contributed by atoms with Gasteiger partial charge in [-0.05, 0) is 24.3 Å². The van der Waals surface area contributed by atoms with Gasteiger partial charge in [0, 0.05) is 23.1 Å². The zero-order valence-electron chi connectivity index (χ0n) is 8.92. The molecule has 0 radical (unpaired) electrons. The largest absolute Gasteiger partial charge is 0.416 e. The SMILES string of the molecule is FC(F)(F)c1ccc2c(c1)cc1n2CCOC1. The highest BCUT2D eigenvalue weighted by Crippen LogP contribution is 2.32. The Kier molecular flexibility index (Phi) is 2.19. The standard InChI is InChI=1S/C12H10F3NO/c13-12(14,15)9-1-2-11-8(5-9)6-10-7-17-4-3-16(10)11/h1-2,5-6H,3-4,7H2. The highest BCUT2D eigenvalue weighted by Gasteiger charge is 2.30. The van der Waals surface area contributed by atoms with Gasteiger partial charge in [-0.3, -0.25) is 0 Å². The number of hydrogen-bond acceptors (Lipinski definition) is 1. The average molecular weight is 241 g/mol. The predicted molar refractivity (Wildman–Crippen MR) is 56.6 cm³/mol. The van der Waals surface area contributed by atoms with E-state index < -0.39 is 11.7 Å². The van der Waals surface area contributed by atoms with Crippen molar-refractivity contribution in [1.29, 1.82) is 0 Å². The van der Waals surface area contributed by atoms with E-state index in [1.54, 1.807) is 6.07 Å². The van der Waals surface area contributed by atoms with Crippen LogP contribution < -0.4 is 0 Å². The third-order valence-electron chi connectivity index (χ3n) is 3.02. The van der Waals surface area contributed by atoms with Gasteiger partial charge in [-0.2, -0.15) is 13.2 Å². The third kappa shape index (κ3) is 1.70. The van der Waals surface area contributed by atoms with Gasteiger partial charge < -0.3 is 9.30 Å². The monoisotopic (exact) mass is 241 g/mol. The van der Waals surface area contributed by atoms with Crippen molar-refractivity contribution < 1.29 is 17.9 Å². The molecule has 0 N–H and O–H groups in total. The van der Waals surface area contributed by atoms with E-state index in [1.165, 1.54) is 12.1 Å². The fourth-order valence-corrected chi connectivity index (χ4v) is 2.22. The number of benzene rings is 1. The molecular weight excluding hydrogens is 231 g/mol. The van der Waals surface area contributed by atoms with Crippen LogP contribution in [0.5, 0.6) is 0 Å². The van der Waals surface area contributed by atoms with Crippen molar-refractivity contribution in [3.05, 3.63) is 35.5 Å². The molecule has 0 atom stereocenters. The summed E-state index contributed by atoms with van der Waals surface area (Å²) in [5.41, 5.74) is 1.18. The molecule has 5 heteroatoms. The minimum Gasteiger partial charge on any atom is -0.373 e. The molecule has 0 aliphatic carbocycles. The van der Waals surface area contributed by atoms with Crippen LogP contribution in [0.2, 0.25) is 0 Å². The topological polar surface area (TPSA) is 14.2 Å². The first-order chi connectivity index (χ1) is 8.05. The van der Waals surface area contributed by atoms with Crippen LogP contribution >= 0.6 is 0 Å². The maximum absolute atomic E-state index is 12.6. The average Bonchev–Trinajstić information content (AvgIpc) is 2.65. The predicted octanol–water partition coefficient (Wildman–Crippen LogP) is 3.19. The molecule has 0 unspecified atom stereocenters. The van der Waals surface area contributed by atoms with Crippen molar-refractivity contribution in [2.75, 3.05) is 6.61 Å². The molecule has 1 aromatic carbocycles. The molecule has 0 saturated carbocycles. The quantitative estimate of drug-likeness (QED) is 0.691. The Bertz CT molecular complexity index is 571. The zero-order chi connectivity index (χ0) is 12.0. The van der Waals surface area contributed by atoms with Crippen molar-refractivity contribution in [2.24, 2.45) is 0 Å². The highest BCUT2D eigenvalue weighted by atomic mass is 19.4. The minimum absolute atomic E-state index is 0.468.